The van der Waals surface area contributed by atoms with Gasteiger partial charge in [0.15, 0.2) is 0 Å². The highest BCUT2D eigenvalue weighted by Crippen LogP contribution is 2.27. The molecule has 2 unspecified atom stereocenters. The molecule has 0 aromatic rings. The smallest absolute Gasteiger partial charge is 0.0196 e. The number of nitrogens with zero attached hydrogens (tertiary/aromatic N) is 1. The van der Waals surface area contributed by atoms with Gasteiger partial charge in [-0.25, -0.2) is 0 Å². The van der Waals surface area contributed by atoms with Gasteiger partial charge in [-0.2, -0.15) is 0 Å². The minimum Gasteiger partial charge on any atom is -0.326 e. The molecule has 18 heavy (non-hydrogen) atoms. The standard InChI is InChI=1S/C16H32N2/c1-2-15-11-7-4-8-12-18(15)13-16(17)14-9-5-3-6-10-14/h14-16H,2-13,17H2,1H3. The van der Waals surface area contributed by atoms with Gasteiger partial charge in [0, 0.05) is 18.6 Å². The van der Waals surface area contributed by atoms with Crippen LogP contribution in [0.25, 0.3) is 0 Å². The molecule has 0 amide bonds. The van der Waals surface area contributed by atoms with Gasteiger partial charge in [0.1, 0.15) is 0 Å². The SMILES string of the molecule is CCC1CCCCCN1CC(N)C1CCCCC1. The fourth-order valence-corrected chi connectivity index (χ4v) is 3.92. The summed E-state index contributed by atoms with van der Waals surface area (Å²) in [5.74, 6) is 0.805. The summed E-state index contributed by atoms with van der Waals surface area (Å²) in [7, 11) is 0. The summed E-state index contributed by atoms with van der Waals surface area (Å²) in [6, 6.07) is 1.24. The van der Waals surface area contributed by atoms with Crippen molar-refractivity contribution in [3.63, 3.8) is 0 Å². The minimum atomic E-state index is 0.428. The zero-order valence-corrected chi connectivity index (χ0v) is 12.2. The Balaban J connectivity index is 1.84. The van der Waals surface area contributed by atoms with Crippen LogP contribution in [-0.4, -0.2) is 30.1 Å². The van der Waals surface area contributed by atoms with Crippen molar-refractivity contribution in [3.05, 3.63) is 0 Å². The lowest BCUT2D eigenvalue weighted by molar-refractivity contribution is 0.156. The van der Waals surface area contributed by atoms with Crippen LogP contribution >= 0.6 is 0 Å². The highest BCUT2D eigenvalue weighted by molar-refractivity contribution is 4.83. The lowest BCUT2D eigenvalue weighted by atomic mass is 9.84. The molecule has 2 fully saturated rings. The van der Waals surface area contributed by atoms with E-state index in [0.717, 1.165) is 18.5 Å². The van der Waals surface area contributed by atoms with E-state index in [9.17, 15) is 0 Å². The zero-order chi connectivity index (χ0) is 12.8. The van der Waals surface area contributed by atoms with Crippen LogP contribution in [0.5, 0.6) is 0 Å². The van der Waals surface area contributed by atoms with Crippen molar-refractivity contribution in [2.24, 2.45) is 11.7 Å². The number of rotatable bonds is 4. The van der Waals surface area contributed by atoms with Crippen LogP contribution < -0.4 is 5.73 Å². The first kappa shape index (κ1) is 14.3. The Kier molecular flexibility index (Phi) is 5.97. The molecule has 1 aliphatic carbocycles. The molecular formula is C16H32N2. The van der Waals surface area contributed by atoms with E-state index >= 15 is 0 Å². The van der Waals surface area contributed by atoms with Crippen molar-refractivity contribution in [1.82, 2.24) is 4.90 Å². The summed E-state index contributed by atoms with van der Waals surface area (Å²) in [4.78, 5) is 2.71. The summed E-state index contributed by atoms with van der Waals surface area (Å²) in [6.07, 6.45) is 14.0. The van der Waals surface area contributed by atoms with E-state index in [4.69, 9.17) is 5.73 Å². The van der Waals surface area contributed by atoms with Gasteiger partial charge in [0.2, 0.25) is 0 Å². The van der Waals surface area contributed by atoms with Crippen LogP contribution in [0.15, 0.2) is 0 Å². The van der Waals surface area contributed by atoms with Crippen LogP contribution in [0.2, 0.25) is 0 Å². The molecule has 1 aliphatic heterocycles. The third kappa shape index (κ3) is 3.96. The van der Waals surface area contributed by atoms with Gasteiger partial charge in [-0.1, -0.05) is 39.0 Å². The largest absolute Gasteiger partial charge is 0.326 e. The van der Waals surface area contributed by atoms with Crippen LogP contribution in [0.4, 0.5) is 0 Å². The molecule has 2 N–H and O–H groups in total. The quantitative estimate of drug-likeness (QED) is 0.829. The molecule has 0 spiro atoms. The fraction of sp³-hybridized carbons (Fsp3) is 1.00. The molecular weight excluding hydrogens is 220 g/mol. The molecule has 2 heteroatoms. The Hall–Kier alpha value is -0.0800. The average Bonchev–Trinajstić information content (AvgIpc) is 2.64. The molecule has 0 aromatic heterocycles. The van der Waals surface area contributed by atoms with Gasteiger partial charge >= 0.3 is 0 Å². The van der Waals surface area contributed by atoms with Crippen molar-refractivity contribution >= 4 is 0 Å². The van der Waals surface area contributed by atoms with Crippen LogP contribution in [0.1, 0.15) is 71.1 Å². The highest BCUT2D eigenvalue weighted by Gasteiger charge is 2.26. The van der Waals surface area contributed by atoms with E-state index < -0.39 is 0 Å². The van der Waals surface area contributed by atoms with Crippen molar-refractivity contribution < 1.29 is 0 Å². The zero-order valence-electron chi connectivity index (χ0n) is 12.2. The summed E-state index contributed by atoms with van der Waals surface area (Å²) in [5, 5.41) is 0. The second-order valence-corrected chi connectivity index (χ2v) is 6.47. The summed E-state index contributed by atoms with van der Waals surface area (Å²) in [6.45, 7) is 4.79. The molecule has 2 rings (SSSR count). The Bertz CT molecular complexity index is 223. The molecule has 0 radical (unpaired) electrons. The minimum absolute atomic E-state index is 0.428. The van der Waals surface area contributed by atoms with Gasteiger partial charge in [0.25, 0.3) is 0 Å². The molecule has 2 aliphatic rings. The maximum atomic E-state index is 6.51. The topological polar surface area (TPSA) is 29.3 Å². The normalized spacial score (nSPS) is 30.0. The van der Waals surface area contributed by atoms with Crippen LogP contribution in [0.3, 0.4) is 0 Å². The first-order chi connectivity index (χ1) is 8.81. The van der Waals surface area contributed by atoms with Gasteiger partial charge in [0.05, 0.1) is 0 Å². The van der Waals surface area contributed by atoms with Crippen molar-refractivity contribution in [2.75, 3.05) is 13.1 Å². The number of likely N-dealkylation sites (tertiary alicyclic amines) is 1. The second kappa shape index (κ2) is 7.49. The molecule has 2 nitrogen and oxygen atoms in total. The van der Waals surface area contributed by atoms with E-state index in [-0.39, 0.29) is 0 Å². The third-order valence-electron chi connectivity index (χ3n) is 5.17. The Labute approximate surface area is 113 Å². The van der Waals surface area contributed by atoms with Gasteiger partial charge in [-0.15, -0.1) is 0 Å². The Morgan fingerprint density at radius 1 is 1.00 bits per heavy atom. The molecule has 1 heterocycles. The first-order valence-electron chi connectivity index (χ1n) is 8.31. The maximum Gasteiger partial charge on any atom is 0.0196 e. The predicted octanol–water partition coefficient (Wildman–Crippen LogP) is 3.55. The second-order valence-electron chi connectivity index (χ2n) is 6.47. The first-order valence-corrected chi connectivity index (χ1v) is 8.31. The molecule has 2 atom stereocenters. The summed E-state index contributed by atoms with van der Waals surface area (Å²) < 4.78 is 0. The molecule has 0 bridgehead atoms. The monoisotopic (exact) mass is 252 g/mol. The Morgan fingerprint density at radius 3 is 2.39 bits per heavy atom. The van der Waals surface area contributed by atoms with E-state index in [1.807, 2.05) is 0 Å². The fourth-order valence-electron chi connectivity index (χ4n) is 3.92. The Morgan fingerprint density at radius 2 is 1.67 bits per heavy atom. The van der Waals surface area contributed by atoms with Crippen LogP contribution in [-0.2, 0) is 0 Å². The highest BCUT2D eigenvalue weighted by atomic mass is 15.2. The van der Waals surface area contributed by atoms with E-state index in [0.29, 0.717) is 6.04 Å². The van der Waals surface area contributed by atoms with Crippen LogP contribution in [0, 0.1) is 5.92 Å². The van der Waals surface area contributed by atoms with E-state index in [2.05, 4.69) is 11.8 Å². The van der Waals surface area contributed by atoms with Crippen molar-refractivity contribution in [3.8, 4) is 0 Å². The lowest BCUT2D eigenvalue weighted by Crippen LogP contribution is -2.46. The number of hydrogen-bond donors (Lipinski definition) is 1. The van der Waals surface area contributed by atoms with Crippen molar-refractivity contribution in [2.45, 2.75) is 83.2 Å². The van der Waals surface area contributed by atoms with E-state index in [1.165, 1.54) is 70.8 Å². The summed E-state index contributed by atoms with van der Waals surface area (Å²) in [5.41, 5.74) is 6.51. The lowest BCUT2D eigenvalue weighted by Gasteiger charge is -2.35. The molecule has 1 saturated heterocycles. The van der Waals surface area contributed by atoms with Gasteiger partial charge in [-0.3, -0.25) is 4.90 Å². The molecule has 1 saturated carbocycles. The average molecular weight is 252 g/mol. The van der Waals surface area contributed by atoms with E-state index in [1.54, 1.807) is 0 Å². The van der Waals surface area contributed by atoms with Gasteiger partial charge < -0.3 is 5.73 Å². The van der Waals surface area contributed by atoms with Crippen molar-refractivity contribution in [1.29, 1.82) is 0 Å². The van der Waals surface area contributed by atoms with Gasteiger partial charge in [-0.05, 0) is 44.6 Å². The number of nitrogens with two attached hydrogens (primary N) is 1. The predicted molar refractivity (Wildman–Crippen MR) is 78.7 cm³/mol. The number of hydrogen-bond acceptors (Lipinski definition) is 2. The maximum absolute atomic E-state index is 6.51. The molecule has 106 valence electrons. The molecule has 0 aromatic carbocycles. The summed E-state index contributed by atoms with van der Waals surface area (Å²) >= 11 is 0. The third-order valence-corrected chi connectivity index (χ3v) is 5.17.